The van der Waals surface area contributed by atoms with Gasteiger partial charge in [0.15, 0.2) is 0 Å². The number of rotatable bonds is 6. The van der Waals surface area contributed by atoms with E-state index in [9.17, 15) is 4.79 Å². The first kappa shape index (κ1) is 17.2. The van der Waals surface area contributed by atoms with Crippen molar-refractivity contribution in [2.24, 2.45) is 0 Å². The molecule has 1 atom stereocenters. The third-order valence-electron chi connectivity index (χ3n) is 3.88. The summed E-state index contributed by atoms with van der Waals surface area (Å²) in [6, 6.07) is 13.8. The summed E-state index contributed by atoms with van der Waals surface area (Å²) in [6.45, 7) is 2.13. The first-order chi connectivity index (χ1) is 13.2. The molecule has 2 aromatic carbocycles. The molecule has 4 aromatic rings. The number of hydrogen-bond donors (Lipinski definition) is 1. The van der Waals surface area contributed by atoms with Gasteiger partial charge in [0.05, 0.1) is 5.25 Å². The van der Waals surface area contributed by atoms with E-state index in [2.05, 4.69) is 25.6 Å². The Labute approximate surface area is 159 Å². The monoisotopic (exact) mass is 380 g/mol. The smallest absolute Gasteiger partial charge is 0.277 e. The number of nitrogens with one attached hydrogen (secondary N) is 1. The van der Waals surface area contributed by atoms with Crippen molar-refractivity contribution in [3.63, 3.8) is 0 Å². The second kappa shape index (κ2) is 7.58. The first-order valence-electron chi connectivity index (χ1n) is 8.28. The molecule has 0 radical (unpaired) electrons. The number of benzene rings is 2. The van der Waals surface area contributed by atoms with Crippen LogP contribution in [0.3, 0.4) is 0 Å². The van der Waals surface area contributed by atoms with E-state index >= 15 is 0 Å². The molecule has 2 aromatic heterocycles. The molecule has 8 nitrogen and oxygen atoms in total. The van der Waals surface area contributed by atoms with E-state index in [1.165, 1.54) is 18.1 Å². The van der Waals surface area contributed by atoms with Crippen LogP contribution in [0.15, 0.2) is 64.8 Å². The number of amides is 1. The third-order valence-corrected chi connectivity index (χ3v) is 4.81. The fourth-order valence-electron chi connectivity index (χ4n) is 2.52. The van der Waals surface area contributed by atoms with Crippen molar-refractivity contribution in [1.82, 2.24) is 25.0 Å². The Balaban J connectivity index is 1.38. The predicted octanol–water partition coefficient (Wildman–Crippen LogP) is 2.98. The Morgan fingerprint density at radius 2 is 2.07 bits per heavy atom. The molecule has 136 valence electrons. The van der Waals surface area contributed by atoms with Crippen LogP contribution in [0.5, 0.6) is 0 Å². The molecule has 0 aliphatic rings. The van der Waals surface area contributed by atoms with Crippen LogP contribution in [0.1, 0.15) is 12.8 Å². The maximum atomic E-state index is 12.5. The molecule has 4 rings (SSSR count). The van der Waals surface area contributed by atoms with Crippen molar-refractivity contribution in [1.29, 1.82) is 0 Å². The Bertz CT molecular complexity index is 1060. The van der Waals surface area contributed by atoms with Crippen LogP contribution in [-0.4, -0.2) is 36.1 Å². The van der Waals surface area contributed by atoms with Crippen LogP contribution in [0.2, 0.25) is 0 Å². The molecular weight excluding hydrogens is 364 g/mol. The zero-order chi connectivity index (χ0) is 18.6. The fraction of sp³-hybridized carbons (Fsp3) is 0.167. The molecule has 1 N–H and O–H groups in total. The third kappa shape index (κ3) is 4.14. The van der Waals surface area contributed by atoms with Gasteiger partial charge in [-0.15, -0.1) is 10.2 Å². The normalized spacial score (nSPS) is 12.2. The summed E-state index contributed by atoms with van der Waals surface area (Å²) in [4.78, 5) is 16.3. The van der Waals surface area contributed by atoms with E-state index in [0.717, 1.165) is 16.5 Å². The lowest BCUT2D eigenvalue weighted by molar-refractivity contribution is -0.115. The zero-order valence-electron chi connectivity index (χ0n) is 14.4. The quantitative estimate of drug-likeness (QED) is 0.513. The highest BCUT2D eigenvalue weighted by Gasteiger charge is 2.18. The Morgan fingerprint density at radius 3 is 2.89 bits per heavy atom. The molecule has 1 unspecified atom stereocenters. The summed E-state index contributed by atoms with van der Waals surface area (Å²) in [5.74, 6) is 0.274. The summed E-state index contributed by atoms with van der Waals surface area (Å²) in [5, 5.41) is 17.0. The lowest BCUT2D eigenvalue weighted by Gasteiger charge is -2.10. The number of aromatic nitrogens is 5. The molecule has 0 fully saturated rings. The molecule has 0 spiro atoms. The SMILES string of the molecule is CC(Sc1nnc(Cn2cncn2)o1)C(=O)Nc1ccc2ccccc2c1. The van der Waals surface area contributed by atoms with Crippen LogP contribution >= 0.6 is 11.8 Å². The van der Waals surface area contributed by atoms with E-state index < -0.39 is 5.25 Å². The topological polar surface area (TPSA) is 98.7 Å². The Kier molecular flexibility index (Phi) is 4.84. The number of hydrogen-bond acceptors (Lipinski definition) is 7. The maximum Gasteiger partial charge on any atom is 0.277 e. The van der Waals surface area contributed by atoms with Gasteiger partial charge in [0.25, 0.3) is 5.22 Å². The van der Waals surface area contributed by atoms with Crippen LogP contribution < -0.4 is 5.32 Å². The number of carbonyl (C=O) groups is 1. The lowest BCUT2D eigenvalue weighted by Crippen LogP contribution is -2.22. The van der Waals surface area contributed by atoms with Gasteiger partial charge in [-0.05, 0) is 29.8 Å². The van der Waals surface area contributed by atoms with E-state index in [4.69, 9.17) is 4.42 Å². The number of nitrogens with zero attached hydrogens (tertiary/aromatic N) is 5. The molecule has 0 aliphatic heterocycles. The minimum atomic E-state index is -0.392. The van der Waals surface area contributed by atoms with Crippen molar-refractivity contribution in [3.05, 3.63) is 61.0 Å². The van der Waals surface area contributed by atoms with Crippen LogP contribution in [0, 0.1) is 0 Å². The van der Waals surface area contributed by atoms with Gasteiger partial charge in [0.1, 0.15) is 19.2 Å². The van der Waals surface area contributed by atoms with Crippen LogP contribution in [-0.2, 0) is 11.3 Å². The molecular formula is C18H16N6O2S. The zero-order valence-corrected chi connectivity index (χ0v) is 15.3. The van der Waals surface area contributed by atoms with Crippen molar-refractivity contribution < 1.29 is 9.21 Å². The Morgan fingerprint density at radius 1 is 1.22 bits per heavy atom. The minimum Gasteiger partial charge on any atom is -0.414 e. The van der Waals surface area contributed by atoms with Crippen molar-refractivity contribution in [2.45, 2.75) is 23.9 Å². The summed E-state index contributed by atoms with van der Waals surface area (Å²) in [6.07, 6.45) is 3.00. The number of anilines is 1. The first-order valence-corrected chi connectivity index (χ1v) is 9.16. The molecule has 1 amide bonds. The molecule has 0 saturated carbocycles. The van der Waals surface area contributed by atoms with Crippen molar-refractivity contribution in [2.75, 3.05) is 5.32 Å². The second-order valence-electron chi connectivity index (χ2n) is 5.87. The highest BCUT2D eigenvalue weighted by Crippen LogP contribution is 2.24. The van der Waals surface area contributed by atoms with E-state index in [1.54, 1.807) is 17.9 Å². The summed E-state index contributed by atoms with van der Waals surface area (Å²) >= 11 is 1.21. The molecule has 9 heteroatoms. The second-order valence-corrected chi connectivity index (χ2v) is 7.16. The standard InChI is InChI=1S/C18H16N6O2S/c1-12(27-18-23-22-16(26-18)9-24-11-19-10-20-24)17(25)21-15-7-6-13-4-2-3-5-14(13)8-15/h2-8,10-12H,9H2,1H3,(H,21,25). The van der Waals surface area contributed by atoms with Crippen molar-refractivity contribution in [3.8, 4) is 0 Å². The predicted molar refractivity (Wildman–Crippen MR) is 101 cm³/mol. The van der Waals surface area contributed by atoms with Gasteiger partial charge in [-0.3, -0.25) is 4.79 Å². The van der Waals surface area contributed by atoms with Gasteiger partial charge in [-0.25, -0.2) is 9.67 Å². The summed E-state index contributed by atoms with van der Waals surface area (Å²) in [7, 11) is 0. The lowest BCUT2D eigenvalue weighted by atomic mass is 10.1. The molecule has 0 aliphatic carbocycles. The largest absolute Gasteiger partial charge is 0.414 e. The van der Waals surface area contributed by atoms with Gasteiger partial charge < -0.3 is 9.73 Å². The van der Waals surface area contributed by atoms with Gasteiger partial charge in [-0.2, -0.15) is 5.10 Å². The van der Waals surface area contributed by atoms with Crippen molar-refractivity contribution >= 4 is 34.1 Å². The highest BCUT2D eigenvalue weighted by molar-refractivity contribution is 8.00. The minimum absolute atomic E-state index is 0.133. The molecule has 0 saturated heterocycles. The Hall–Kier alpha value is -3.20. The average molecular weight is 380 g/mol. The molecule has 2 heterocycles. The van der Waals surface area contributed by atoms with E-state index in [0.29, 0.717) is 17.7 Å². The summed E-state index contributed by atoms with van der Waals surface area (Å²) in [5.41, 5.74) is 0.753. The van der Waals surface area contributed by atoms with Crippen LogP contribution in [0.25, 0.3) is 10.8 Å². The number of fused-ring (bicyclic) bond motifs is 1. The number of thioether (sulfide) groups is 1. The van der Waals surface area contributed by atoms with Crippen LogP contribution in [0.4, 0.5) is 5.69 Å². The van der Waals surface area contributed by atoms with Gasteiger partial charge in [0.2, 0.25) is 11.8 Å². The average Bonchev–Trinajstić information content (AvgIpc) is 3.34. The molecule has 27 heavy (non-hydrogen) atoms. The summed E-state index contributed by atoms with van der Waals surface area (Å²) < 4.78 is 7.14. The highest BCUT2D eigenvalue weighted by atomic mass is 32.2. The van der Waals surface area contributed by atoms with E-state index in [1.807, 2.05) is 42.5 Å². The van der Waals surface area contributed by atoms with E-state index in [-0.39, 0.29) is 5.91 Å². The maximum absolute atomic E-state index is 12.5. The van der Waals surface area contributed by atoms with Gasteiger partial charge in [-0.1, -0.05) is 42.1 Å². The fourth-order valence-corrected chi connectivity index (χ4v) is 3.22. The van der Waals surface area contributed by atoms with Gasteiger partial charge in [0, 0.05) is 5.69 Å². The molecule has 0 bridgehead atoms. The van der Waals surface area contributed by atoms with Gasteiger partial charge >= 0.3 is 0 Å². The number of carbonyl (C=O) groups excluding carboxylic acids is 1.